The minimum Gasteiger partial charge on any atom is -0.332 e. The first-order valence-electron chi connectivity index (χ1n) is 17.4. The number of ketones is 2. The molecule has 266 valence electrons. The van der Waals surface area contributed by atoms with E-state index < -0.39 is 0 Å². The maximum atomic E-state index is 12.8. The Morgan fingerprint density at radius 3 is 1.45 bits per heavy atom. The zero-order valence-electron chi connectivity index (χ0n) is 29.5. The molecular weight excluding hydrogens is 675 g/mol. The number of hydrogen-bond donors (Lipinski definition) is 4. The van der Waals surface area contributed by atoms with Crippen molar-refractivity contribution in [2.24, 2.45) is 11.8 Å². The summed E-state index contributed by atoms with van der Waals surface area (Å²) in [6.07, 6.45) is 7.12. The quantitative estimate of drug-likeness (QED) is 0.106. The number of carbonyl (C=O) groups is 2. The third-order valence-electron chi connectivity index (χ3n) is 9.18. The number of likely N-dealkylation sites (tertiary alicyclic amines) is 2. The van der Waals surface area contributed by atoms with Crippen molar-refractivity contribution in [3.8, 4) is 0 Å². The van der Waals surface area contributed by atoms with Gasteiger partial charge in [-0.05, 0) is 151 Å². The van der Waals surface area contributed by atoms with Crippen molar-refractivity contribution in [3.05, 3.63) is 114 Å². The van der Waals surface area contributed by atoms with E-state index >= 15 is 0 Å². The Balaban J connectivity index is 0.000000198. The van der Waals surface area contributed by atoms with Crippen LogP contribution in [-0.4, -0.2) is 76.8 Å². The Bertz CT molecular complexity index is 1800. The second-order valence-electron chi connectivity index (χ2n) is 13.3. The molecule has 11 heteroatoms. The van der Waals surface area contributed by atoms with E-state index in [1.165, 1.54) is 5.56 Å². The number of Topliss-reactive ketones (excluding diaryl/α,β-unsaturated/α-hetero) is 2. The van der Waals surface area contributed by atoms with Gasteiger partial charge in [-0.15, -0.1) is 0 Å². The molecule has 0 bridgehead atoms. The van der Waals surface area contributed by atoms with Crippen LogP contribution in [0.25, 0.3) is 0 Å². The fourth-order valence-electron chi connectivity index (χ4n) is 6.26. The number of piperidine rings is 2. The predicted molar refractivity (Wildman–Crippen MR) is 217 cm³/mol. The summed E-state index contributed by atoms with van der Waals surface area (Å²) in [5.41, 5.74) is 6.06. The molecule has 4 N–H and O–H groups in total. The summed E-state index contributed by atoms with van der Waals surface area (Å²) in [6, 6.07) is 26.9. The topological polar surface area (TPSA) is 102 Å². The van der Waals surface area contributed by atoms with Gasteiger partial charge in [-0.25, -0.2) is 0 Å². The van der Waals surface area contributed by atoms with Crippen LogP contribution in [0.1, 0.15) is 52.0 Å². The highest BCUT2D eigenvalue weighted by atomic mass is 32.1. The molecule has 0 saturated carbocycles. The Labute approximate surface area is 312 Å². The highest BCUT2D eigenvalue weighted by molar-refractivity contribution is 7.81. The van der Waals surface area contributed by atoms with Gasteiger partial charge in [0.25, 0.3) is 0 Å². The number of benzene rings is 3. The zero-order valence-corrected chi connectivity index (χ0v) is 31.2. The standard InChI is InChI=1S/C21H25N3OS.C19H22N4OS/c1-15-5-3-7-18(13-15)22-21(26)23-19-8-4-6-17(14-19)20(25)16-9-11-24(2)12-10-16;1-23-10-7-14(8-11-23)18(24)15-4-2-5-16(12-15)21-19(25)22-17-6-3-9-20-13-17/h3-8,13-14,16H,9-12H2,1-2H3,(H2,22,23,26);2-6,9,12-14H,7-8,10-11H2,1H3,(H2,21,22,25). The first-order valence-corrected chi connectivity index (χ1v) is 18.2. The minimum atomic E-state index is 0.118. The molecule has 0 unspecified atom stereocenters. The Kier molecular flexibility index (Phi) is 13.8. The van der Waals surface area contributed by atoms with Crippen molar-refractivity contribution < 1.29 is 9.59 Å². The molecule has 0 aliphatic carbocycles. The van der Waals surface area contributed by atoms with Gasteiger partial charge in [0.2, 0.25) is 0 Å². The van der Waals surface area contributed by atoms with E-state index in [4.69, 9.17) is 24.4 Å². The number of aromatic nitrogens is 1. The van der Waals surface area contributed by atoms with Crippen LogP contribution in [0.4, 0.5) is 22.7 Å². The third kappa shape index (κ3) is 11.8. The van der Waals surface area contributed by atoms with Gasteiger partial charge < -0.3 is 31.1 Å². The number of nitrogens with zero attached hydrogens (tertiary/aromatic N) is 3. The van der Waals surface area contributed by atoms with Gasteiger partial charge >= 0.3 is 0 Å². The summed E-state index contributed by atoms with van der Waals surface area (Å²) in [7, 11) is 4.20. The van der Waals surface area contributed by atoms with Crippen molar-refractivity contribution in [1.29, 1.82) is 0 Å². The third-order valence-corrected chi connectivity index (χ3v) is 9.59. The molecule has 0 spiro atoms. The molecule has 51 heavy (non-hydrogen) atoms. The highest BCUT2D eigenvalue weighted by Crippen LogP contribution is 2.24. The molecule has 2 fully saturated rings. The van der Waals surface area contributed by atoms with Crippen molar-refractivity contribution in [1.82, 2.24) is 14.8 Å². The lowest BCUT2D eigenvalue weighted by atomic mass is 9.89. The number of hydrogen-bond acceptors (Lipinski definition) is 7. The summed E-state index contributed by atoms with van der Waals surface area (Å²) in [5, 5.41) is 13.5. The second kappa shape index (κ2) is 18.6. The van der Waals surface area contributed by atoms with Gasteiger partial charge in [-0.1, -0.05) is 36.4 Å². The monoisotopic (exact) mass is 721 g/mol. The molecular formula is C40H47N7O2S2. The van der Waals surface area contributed by atoms with E-state index in [2.05, 4.69) is 50.1 Å². The highest BCUT2D eigenvalue weighted by Gasteiger charge is 2.25. The van der Waals surface area contributed by atoms with Crippen LogP contribution in [0.5, 0.6) is 0 Å². The van der Waals surface area contributed by atoms with Crippen LogP contribution in [-0.2, 0) is 0 Å². The number of nitrogens with one attached hydrogen (secondary N) is 4. The molecule has 4 aromatic rings. The van der Waals surface area contributed by atoms with E-state index in [0.29, 0.717) is 10.2 Å². The van der Waals surface area contributed by atoms with Crippen LogP contribution in [0.3, 0.4) is 0 Å². The summed E-state index contributed by atoms with van der Waals surface area (Å²) in [6.45, 7) is 5.97. The number of pyridine rings is 1. The molecule has 0 atom stereocenters. The van der Waals surface area contributed by atoms with Gasteiger partial charge in [0.15, 0.2) is 21.8 Å². The lowest BCUT2D eigenvalue weighted by Gasteiger charge is -2.28. The molecule has 2 aliphatic heterocycles. The number of carbonyl (C=O) groups excluding carboxylic acids is 2. The van der Waals surface area contributed by atoms with E-state index in [9.17, 15) is 9.59 Å². The summed E-state index contributed by atoms with van der Waals surface area (Å²) < 4.78 is 0. The largest absolute Gasteiger partial charge is 0.332 e. The van der Waals surface area contributed by atoms with Gasteiger partial charge in [-0.3, -0.25) is 14.6 Å². The maximum absolute atomic E-state index is 12.8. The Morgan fingerprint density at radius 1 is 0.608 bits per heavy atom. The molecule has 0 amide bonds. The number of thiocarbonyl (C=S) groups is 2. The van der Waals surface area contributed by atoms with Gasteiger partial charge in [-0.2, -0.15) is 0 Å². The number of aryl methyl sites for hydroxylation is 1. The fraction of sp³-hybridized carbons (Fsp3) is 0.325. The van der Waals surface area contributed by atoms with Crippen molar-refractivity contribution >= 4 is 69.0 Å². The van der Waals surface area contributed by atoms with Crippen molar-refractivity contribution in [2.45, 2.75) is 32.6 Å². The number of anilines is 4. The normalized spacial score (nSPS) is 15.5. The fourth-order valence-corrected chi connectivity index (χ4v) is 6.73. The predicted octanol–water partition coefficient (Wildman–Crippen LogP) is 7.74. The summed E-state index contributed by atoms with van der Waals surface area (Å²) in [5.74, 6) is 0.702. The zero-order chi connectivity index (χ0) is 36.2. The van der Waals surface area contributed by atoms with Gasteiger partial charge in [0.1, 0.15) is 0 Å². The lowest BCUT2D eigenvalue weighted by molar-refractivity contribution is 0.0850. The van der Waals surface area contributed by atoms with Crippen LogP contribution < -0.4 is 21.3 Å². The molecule has 3 aromatic carbocycles. The smallest absolute Gasteiger partial charge is 0.175 e. The Hall–Kier alpha value is -4.55. The maximum Gasteiger partial charge on any atom is 0.175 e. The van der Waals surface area contributed by atoms with E-state index in [-0.39, 0.29) is 23.4 Å². The average Bonchev–Trinajstić information content (AvgIpc) is 3.12. The molecule has 2 aliphatic rings. The van der Waals surface area contributed by atoms with E-state index in [0.717, 1.165) is 85.7 Å². The first-order chi connectivity index (χ1) is 24.6. The van der Waals surface area contributed by atoms with E-state index in [1.54, 1.807) is 12.4 Å². The van der Waals surface area contributed by atoms with E-state index in [1.807, 2.05) is 91.9 Å². The van der Waals surface area contributed by atoms with Gasteiger partial charge in [0, 0.05) is 46.2 Å². The molecule has 9 nitrogen and oxygen atoms in total. The molecule has 1 aromatic heterocycles. The van der Waals surface area contributed by atoms with Gasteiger partial charge in [0.05, 0.1) is 11.9 Å². The van der Waals surface area contributed by atoms with Crippen molar-refractivity contribution in [2.75, 3.05) is 61.5 Å². The van der Waals surface area contributed by atoms with Crippen LogP contribution in [0.15, 0.2) is 97.3 Å². The van der Waals surface area contributed by atoms with Crippen LogP contribution in [0, 0.1) is 18.8 Å². The number of rotatable bonds is 8. The first kappa shape index (κ1) is 37.7. The molecule has 3 heterocycles. The van der Waals surface area contributed by atoms with Crippen LogP contribution >= 0.6 is 24.4 Å². The Morgan fingerprint density at radius 2 is 1.02 bits per heavy atom. The van der Waals surface area contributed by atoms with Crippen LogP contribution in [0.2, 0.25) is 0 Å². The SMILES string of the molecule is CN1CCC(C(=O)c2cccc(NC(=S)Nc3cccnc3)c2)CC1.Cc1cccc(NC(=S)Nc2cccc(C(=O)C3CCN(C)CC3)c2)c1. The molecule has 0 radical (unpaired) electrons. The van der Waals surface area contributed by atoms with Crippen molar-refractivity contribution in [3.63, 3.8) is 0 Å². The molecule has 6 rings (SSSR count). The summed E-state index contributed by atoms with van der Waals surface area (Å²) >= 11 is 10.7. The molecule has 2 saturated heterocycles. The second-order valence-corrected chi connectivity index (χ2v) is 14.1. The average molecular weight is 722 g/mol. The minimum absolute atomic E-state index is 0.118. The lowest BCUT2D eigenvalue weighted by Crippen LogP contribution is -2.33. The summed E-state index contributed by atoms with van der Waals surface area (Å²) in [4.78, 5) is 34.1.